The van der Waals surface area contributed by atoms with Crippen LogP contribution in [0.4, 0.5) is 9.52 Å². The van der Waals surface area contributed by atoms with E-state index in [1.54, 1.807) is 6.07 Å². The van der Waals surface area contributed by atoms with E-state index in [-0.39, 0.29) is 5.82 Å². The lowest BCUT2D eigenvalue weighted by molar-refractivity contribution is 0.275. The topological polar surface area (TPSA) is 41.0 Å². The van der Waals surface area contributed by atoms with Crippen LogP contribution >= 0.6 is 46.7 Å². The molecule has 1 aliphatic rings. The number of halogens is 3. The smallest absolute Gasteiger partial charge is 0.212 e. The third-order valence-corrected chi connectivity index (χ3v) is 6.19. The van der Waals surface area contributed by atoms with Gasteiger partial charge in [0.15, 0.2) is 0 Å². The first-order valence-corrected chi connectivity index (χ1v) is 10.1. The Morgan fingerprint density at radius 2 is 2.04 bits per heavy atom. The van der Waals surface area contributed by atoms with E-state index in [2.05, 4.69) is 19.0 Å². The van der Waals surface area contributed by atoms with Crippen LogP contribution in [0.1, 0.15) is 16.7 Å². The molecule has 4 rings (SSSR count). The Kier molecular flexibility index (Phi) is 5.33. The largest absolute Gasteiger partial charge is 0.300 e. The average Bonchev–Trinajstić information content (AvgIpc) is 3.25. The lowest BCUT2D eigenvalue weighted by Crippen LogP contribution is -2.16. The maximum Gasteiger partial charge on any atom is 0.212 e. The molecule has 0 saturated heterocycles. The van der Waals surface area contributed by atoms with Gasteiger partial charge in [0, 0.05) is 41.2 Å². The number of rotatable bonds is 5. The van der Waals surface area contributed by atoms with E-state index in [4.69, 9.17) is 23.2 Å². The van der Waals surface area contributed by atoms with Gasteiger partial charge in [-0.05, 0) is 52.9 Å². The van der Waals surface area contributed by atoms with E-state index >= 15 is 0 Å². The number of benzene rings is 2. The van der Waals surface area contributed by atoms with Gasteiger partial charge in [0.05, 0.1) is 4.90 Å². The van der Waals surface area contributed by atoms with Gasteiger partial charge in [-0.3, -0.25) is 4.90 Å². The van der Waals surface area contributed by atoms with Crippen molar-refractivity contribution in [1.29, 1.82) is 0 Å². The van der Waals surface area contributed by atoms with E-state index in [0.29, 0.717) is 21.6 Å². The normalized spacial score (nSPS) is 13.8. The third-order valence-electron chi connectivity index (χ3n) is 4.06. The molecule has 9 heteroatoms. The second-order valence-corrected chi connectivity index (χ2v) is 8.35. The van der Waals surface area contributed by atoms with Crippen LogP contribution in [0.25, 0.3) is 0 Å². The Hall–Kier alpha value is -1.38. The molecule has 0 atom stereocenters. The Morgan fingerprint density at radius 3 is 2.85 bits per heavy atom. The molecule has 4 nitrogen and oxygen atoms in total. The molecule has 0 bridgehead atoms. The summed E-state index contributed by atoms with van der Waals surface area (Å²) in [7, 11) is 0. The van der Waals surface area contributed by atoms with Gasteiger partial charge >= 0.3 is 0 Å². The van der Waals surface area contributed by atoms with Crippen LogP contribution in [0.15, 0.2) is 41.6 Å². The number of hydrogen-bond acceptors (Lipinski definition) is 6. The first-order valence-electron chi connectivity index (χ1n) is 7.75. The molecule has 0 unspecified atom stereocenters. The van der Waals surface area contributed by atoms with Crippen molar-refractivity contribution in [2.24, 2.45) is 0 Å². The summed E-state index contributed by atoms with van der Waals surface area (Å²) in [5, 5.41) is 1.89. The van der Waals surface area contributed by atoms with Gasteiger partial charge in [-0.1, -0.05) is 29.3 Å². The van der Waals surface area contributed by atoms with E-state index in [0.717, 1.165) is 35.6 Å². The maximum atomic E-state index is 14.5. The standard InChI is InChI=1S/C17H13Cl2FN4S2/c18-13-2-1-10-6-24(7-11(10)3-13)8-12-4-15(20)16(5-14(12)19)25-23-17-21-9-22-26-17/h1-5,9H,6-8H2,(H,21,22,23). The quantitative estimate of drug-likeness (QED) is 0.536. The molecule has 3 aromatic rings. The summed E-state index contributed by atoms with van der Waals surface area (Å²) in [4.78, 5) is 6.64. The second kappa shape index (κ2) is 7.70. The molecule has 26 heavy (non-hydrogen) atoms. The van der Waals surface area contributed by atoms with Crippen LogP contribution in [0.2, 0.25) is 10.0 Å². The highest BCUT2D eigenvalue weighted by molar-refractivity contribution is 8.00. The third kappa shape index (κ3) is 3.97. The first-order chi connectivity index (χ1) is 12.6. The SMILES string of the molecule is Fc1cc(CN2Cc3ccc(Cl)cc3C2)c(Cl)cc1SNc1ncns1. The van der Waals surface area contributed by atoms with Crippen molar-refractivity contribution >= 4 is 51.8 Å². The van der Waals surface area contributed by atoms with Gasteiger partial charge in [0.2, 0.25) is 5.13 Å². The molecule has 0 aliphatic carbocycles. The maximum absolute atomic E-state index is 14.5. The van der Waals surface area contributed by atoms with Crippen LogP contribution < -0.4 is 4.72 Å². The molecule has 2 heterocycles. The number of aromatic nitrogens is 2. The number of nitrogens with zero attached hydrogens (tertiary/aromatic N) is 3. The fourth-order valence-electron chi connectivity index (χ4n) is 2.87. The molecule has 2 aromatic carbocycles. The zero-order valence-electron chi connectivity index (χ0n) is 13.4. The average molecular weight is 427 g/mol. The summed E-state index contributed by atoms with van der Waals surface area (Å²) >= 11 is 14.8. The van der Waals surface area contributed by atoms with Crippen molar-refractivity contribution in [2.75, 3.05) is 4.72 Å². The molecule has 134 valence electrons. The first kappa shape index (κ1) is 18.0. The highest BCUT2D eigenvalue weighted by atomic mass is 35.5. The fraction of sp³-hybridized carbons (Fsp3) is 0.176. The molecule has 0 spiro atoms. The molecular weight excluding hydrogens is 414 g/mol. The molecule has 0 saturated carbocycles. The molecule has 0 amide bonds. The Balaban J connectivity index is 1.45. The van der Waals surface area contributed by atoms with Crippen LogP contribution in [0.3, 0.4) is 0 Å². The Morgan fingerprint density at radius 1 is 1.19 bits per heavy atom. The van der Waals surface area contributed by atoms with E-state index in [9.17, 15) is 4.39 Å². The second-order valence-electron chi connectivity index (χ2n) is 5.88. The van der Waals surface area contributed by atoms with Gasteiger partial charge in [0.1, 0.15) is 12.1 Å². The summed E-state index contributed by atoms with van der Waals surface area (Å²) in [5.74, 6) is -0.314. The van der Waals surface area contributed by atoms with Gasteiger partial charge < -0.3 is 4.72 Å². The van der Waals surface area contributed by atoms with Crippen LogP contribution in [0.5, 0.6) is 0 Å². The Labute approximate surface area is 168 Å². The highest BCUT2D eigenvalue weighted by Crippen LogP contribution is 2.32. The van der Waals surface area contributed by atoms with E-state index in [1.165, 1.54) is 35.1 Å². The van der Waals surface area contributed by atoms with Crippen molar-refractivity contribution in [3.05, 3.63) is 69.2 Å². The van der Waals surface area contributed by atoms with Gasteiger partial charge in [-0.25, -0.2) is 9.37 Å². The molecular formula is C17H13Cl2FN4S2. The summed E-state index contributed by atoms with van der Waals surface area (Å²) in [6.07, 6.45) is 1.45. The molecule has 0 radical (unpaired) electrons. The predicted molar refractivity (Wildman–Crippen MR) is 105 cm³/mol. The summed E-state index contributed by atoms with van der Waals surface area (Å²) in [6.45, 7) is 2.17. The number of fused-ring (bicyclic) bond motifs is 1. The lowest BCUT2D eigenvalue weighted by atomic mass is 10.1. The molecule has 1 aromatic heterocycles. The highest BCUT2D eigenvalue weighted by Gasteiger charge is 2.21. The van der Waals surface area contributed by atoms with Crippen molar-refractivity contribution in [3.8, 4) is 0 Å². The predicted octanol–water partition coefficient (Wildman–Crippen LogP) is 5.62. The van der Waals surface area contributed by atoms with Gasteiger partial charge in [-0.15, -0.1) is 0 Å². The monoisotopic (exact) mass is 426 g/mol. The zero-order valence-corrected chi connectivity index (χ0v) is 16.5. The van der Waals surface area contributed by atoms with Crippen LogP contribution in [-0.4, -0.2) is 14.3 Å². The fourth-order valence-corrected chi connectivity index (χ4v) is 4.50. The molecule has 1 aliphatic heterocycles. The van der Waals surface area contributed by atoms with Gasteiger partial charge in [-0.2, -0.15) is 4.37 Å². The van der Waals surface area contributed by atoms with Crippen LogP contribution in [-0.2, 0) is 19.6 Å². The number of nitrogens with one attached hydrogen (secondary N) is 1. The van der Waals surface area contributed by atoms with Crippen molar-refractivity contribution in [2.45, 2.75) is 24.5 Å². The van der Waals surface area contributed by atoms with Crippen molar-refractivity contribution in [1.82, 2.24) is 14.3 Å². The minimum absolute atomic E-state index is 0.314. The van der Waals surface area contributed by atoms with E-state index < -0.39 is 0 Å². The molecule has 0 fully saturated rings. The summed E-state index contributed by atoms with van der Waals surface area (Å²) in [5.41, 5.74) is 3.23. The Bertz CT molecular complexity index is 937. The number of anilines is 1. The molecule has 1 N–H and O–H groups in total. The lowest BCUT2D eigenvalue weighted by Gasteiger charge is -2.16. The van der Waals surface area contributed by atoms with Crippen molar-refractivity contribution in [3.63, 3.8) is 0 Å². The van der Waals surface area contributed by atoms with Crippen molar-refractivity contribution < 1.29 is 4.39 Å². The van der Waals surface area contributed by atoms with E-state index in [1.807, 2.05) is 18.2 Å². The summed E-state index contributed by atoms with van der Waals surface area (Å²) < 4.78 is 21.3. The van der Waals surface area contributed by atoms with Crippen LogP contribution in [0, 0.1) is 5.82 Å². The number of hydrogen-bond donors (Lipinski definition) is 1. The minimum atomic E-state index is -0.314. The van der Waals surface area contributed by atoms with Gasteiger partial charge in [0.25, 0.3) is 0 Å². The zero-order chi connectivity index (χ0) is 18.1. The minimum Gasteiger partial charge on any atom is -0.300 e. The summed E-state index contributed by atoms with van der Waals surface area (Å²) in [6, 6.07) is 9.07.